The summed E-state index contributed by atoms with van der Waals surface area (Å²) in [5.74, 6) is 1.04. The molecule has 7 nitrogen and oxygen atoms in total. The highest BCUT2D eigenvalue weighted by molar-refractivity contribution is 7.98. The van der Waals surface area contributed by atoms with Crippen molar-refractivity contribution in [1.82, 2.24) is 9.97 Å². The number of carbonyl (C=O) groups excluding carboxylic acids is 1. The third-order valence-electron chi connectivity index (χ3n) is 4.40. The van der Waals surface area contributed by atoms with E-state index < -0.39 is 0 Å². The highest BCUT2D eigenvalue weighted by atomic mass is 32.2. The number of benzene rings is 1. The second-order valence-corrected chi connectivity index (χ2v) is 6.66. The van der Waals surface area contributed by atoms with Gasteiger partial charge in [0.2, 0.25) is 0 Å². The first kappa shape index (κ1) is 16.7. The molecule has 0 fully saturated rings. The molecule has 0 amide bonds. The Hall–Kier alpha value is -2.74. The van der Waals surface area contributed by atoms with Crippen LogP contribution < -0.4 is 15.8 Å². The summed E-state index contributed by atoms with van der Waals surface area (Å²) in [4.78, 5) is 21.3. The molecule has 0 radical (unpaired) electrons. The highest BCUT2D eigenvalue weighted by Crippen LogP contribution is 2.46. The fourth-order valence-electron chi connectivity index (χ4n) is 3.29. The van der Waals surface area contributed by atoms with Crippen molar-refractivity contribution in [1.29, 1.82) is 0 Å². The van der Waals surface area contributed by atoms with Crippen molar-refractivity contribution in [3.63, 3.8) is 0 Å². The first-order valence-electron chi connectivity index (χ1n) is 8.23. The summed E-state index contributed by atoms with van der Waals surface area (Å²) >= 11 is 1.41. The summed E-state index contributed by atoms with van der Waals surface area (Å²) < 4.78 is 10.8. The van der Waals surface area contributed by atoms with Gasteiger partial charge in [-0.3, -0.25) is 0 Å². The van der Waals surface area contributed by atoms with Crippen molar-refractivity contribution in [2.75, 3.05) is 30.5 Å². The summed E-state index contributed by atoms with van der Waals surface area (Å²) in [5.41, 5.74) is 9.15. The van der Waals surface area contributed by atoms with E-state index in [0.29, 0.717) is 34.5 Å². The van der Waals surface area contributed by atoms with Crippen LogP contribution in [-0.2, 0) is 9.53 Å². The van der Waals surface area contributed by atoms with Gasteiger partial charge >= 0.3 is 5.97 Å². The van der Waals surface area contributed by atoms with Gasteiger partial charge in [0.15, 0.2) is 5.16 Å². The molecule has 4 rings (SSSR count). The van der Waals surface area contributed by atoms with Gasteiger partial charge in [0.1, 0.15) is 24.0 Å². The number of rotatable bonds is 4. The third-order valence-corrected chi connectivity index (χ3v) is 4.95. The zero-order valence-corrected chi connectivity index (χ0v) is 15.2. The molecule has 1 atom stereocenters. The van der Waals surface area contributed by atoms with Gasteiger partial charge in [-0.2, -0.15) is 0 Å². The van der Waals surface area contributed by atoms with Gasteiger partial charge in [0, 0.05) is 5.56 Å². The van der Waals surface area contributed by atoms with Crippen LogP contribution in [0.3, 0.4) is 0 Å². The maximum Gasteiger partial charge on any atom is 0.337 e. The molecule has 3 heterocycles. The van der Waals surface area contributed by atoms with Crippen LogP contribution in [0.15, 0.2) is 40.7 Å². The summed E-state index contributed by atoms with van der Waals surface area (Å²) in [6.07, 6.45) is 1.89. The van der Waals surface area contributed by atoms with Crippen LogP contribution in [-0.4, -0.2) is 35.4 Å². The SMILES string of the molecule is CCOc1ccc([C@@H]2C3=C(COC3=O)Nc3nc(SC)nc(N)c32)cc1. The fraction of sp³-hybridized carbons (Fsp3) is 0.278. The van der Waals surface area contributed by atoms with Gasteiger partial charge in [-0.25, -0.2) is 14.8 Å². The Labute approximate surface area is 155 Å². The van der Waals surface area contributed by atoms with Crippen LogP contribution in [0.25, 0.3) is 0 Å². The van der Waals surface area contributed by atoms with Crippen LogP contribution in [0.1, 0.15) is 24.0 Å². The molecule has 0 aliphatic carbocycles. The number of aromatic nitrogens is 2. The van der Waals surface area contributed by atoms with E-state index in [-0.39, 0.29) is 18.5 Å². The molecule has 134 valence electrons. The maximum atomic E-state index is 12.4. The second kappa shape index (κ2) is 6.53. The van der Waals surface area contributed by atoms with Crippen molar-refractivity contribution in [3.05, 3.63) is 46.7 Å². The number of ether oxygens (including phenoxy) is 2. The summed E-state index contributed by atoms with van der Waals surface area (Å²) in [6, 6.07) is 7.63. The number of nitrogen functional groups attached to an aromatic ring is 1. The molecule has 0 unspecified atom stereocenters. The van der Waals surface area contributed by atoms with Crippen LogP contribution in [0, 0.1) is 0 Å². The van der Waals surface area contributed by atoms with E-state index in [0.717, 1.165) is 17.0 Å². The number of cyclic esters (lactones) is 1. The fourth-order valence-corrected chi connectivity index (χ4v) is 3.66. The molecule has 1 aromatic carbocycles. The molecule has 3 N–H and O–H groups in total. The minimum absolute atomic E-state index is 0.208. The van der Waals surface area contributed by atoms with Crippen molar-refractivity contribution in [2.45, 2.75) is 18.0 Å². The molecule has 8 heteroatoms. The molecule has 2 aliphatic rings. The Bertz CT molecular complexity index is 911. The van der Waals surface area contributed by atoms with Gasteiger partial charge in [0.25, 0.3) is 0 Å². The highest BCUT2D eigenvalue weighted by Gasteiger charge is 2.40. The zero-order valence-electron chi connectivity index (χ0n) is 14.4. The Balaban J connectivity index is 1.87. The molecule has 0 saturated heterocycles. The van der Waals surface area contributed by atoms with E-state index in [9.17, 15) is 4.79 Å². The third kappa shape index (κ3) is 2.66. The van der Waals surface area contributed by atoms with Gasteiger partial charge < -0.3 is 20.5 Å². The predicted octanol–water partition coefficient (Wildman–Crippen LogP) is 2.55. The number of nitrogens with zero attached hydrogens (tertiary/aromatic N) is 2. The molecule has 2 aromatic rings. The number of hydrogen-bond donors (Lipinski definition) is 2. The minimum Gasteiger partial charge on any atom is -0.494 e. The van der Waals surface area contributed by atoms with Crippen LogP contribution in [0.4, 0.5) is 11.6 Å². The standard InChI is InChI=1S/C18H18N4O3S/c1-3-24-10-6-4-9(5-7-10)12-13-11(8-25-17(13)23)20-16-14(12)15(19)21-18(22-16)26-2/h4-7,12H,3,8H2,1-2H3,(H3,19,20,21,22)/t12-/m1/s1. The monoisotopic (exact) mass is 370 g/mol. The quantitative estimate of drug-likeness (QED) is 0.481. The number of carbonyl (C=O) groups is 1. The molecule has 0 spiro atoms. The lowest BCUT2D eigenvalue weighted by Gasteiger charge is -2.27. The lowest BCUT2D eigenvalue weighted by atomic mass is 9.82. The van der Waals surface area contributed by atoms with E-state index in [1.807, 2.05) is 37.4 Å². The zero-order chi connectivity index (χ0) is 18.3. The topological polar surface area (TPSA) is 99.4 Å². The van der Waals surface area contributed by atoms with E-state index in [4.69, 9.17) is 15.2 Å². The normalized spacial score (nSPS) is 18.1. The summed E-state index contributed by atoms with van der Waals surface area (Å²) in [5, 5.41) is 3.78. The lowest BCUT2D eigenvalue weighted by Crippen LogP contribution is -2.23. The molecular formula is C18H18N4O3S. The van der Waals surface area contributed by atoms with Gasteiger partial charge in [-0.15, -0.1) is 0 Å². The van der Waals surface area contributed by atoms with Crippen molar-refractivity contribution in [3.8, 4) is 5.75 Å². The minimum atomic E-state index is -0.372. The van der Waals surface area contributed by atoms with E-state index >= 15 is 0 Å². The Morgan fingerprint density at radius 3 is 2.81 bits per heavy atom. The number of esters is 1. The molecule has 2 aliphatic heterocycles. The number of anilines is 2. The van der Waals surface area contributed by atoms with Gasteiger partial charge in [-0.1, -0.05) is 23.9 Å². The summed E-state index contributed by atoms with van der Waals surface area (Å²) in [7, 11) is 0. The smallest absolute Gasteiger partial charge is 0.337 e. The average molecular weight is 370 g/mol. The number of nitrogens with two attached hydrogens (primary N) is 1. The second-order valence-electron chi connectivity index (χ2n) is 5.89. The lowest BCUT2D eigenvalue weighted by molar-refractivity contribution is -0.136. The molecule has 0 bridgehead atoms. The van der Waals surface area contributed by atoms with Crippen molar-refractivity contribution >= 4 is 29.4 Å². The first-order valence-corrected chi connectivity index (χ1v) is 9.46. The van der Waals surface area contributed by atoms with Crippen LogP contribution in [0.2, 0.25) is 0 Å². The van der Waals surface area contributed by atoms with Crippen LogP contribution >= 0.6 is 11.8 Å². The van der Waals surface area contributed by atoms with Gasteiger partial charge in [0.05, 0.1) is 23.8 Å². The average Bonchev–Trinajstić information content (AvgIpc) is 3.01. The first-order chi connectivity index (χ1) is 12.6. The number of thioether (sulfide) groups is 1. The Kier molecular flexibility index (Phi) is 4.20. The van der Waals surface area contributed by atoms with E-state index in [1.54, 1.807) is 0 Å². The summed E-state index contributed by atoms with van der Waals surface area (Å²) in [6.45, 7) is 2.74. The van der Waals surface area contributed by atoms with Gasteiger partial charge in [-0.05, 0) is 30.9 Å². The van der Waals surface area contributed by atoms with E-state index in [1.165, 1.54) is 11.8 Å². The molecule has 1 aromatic heterocycles. The van der Waals surface area contributed by atoms with E-state index in [2.05, 4.69) is 15.3 Å². The Morgan fingerprint density at radius 1 is 1.35 bits per heavy atom. The maximum absolute atomic E-state index is 12.4. The predicted molar refractivity (Wildman–Crippen MR) is 99.3 cm³/mol. The van der Waals surface area contributed by atoms with Crippen LogP contribution in [0.5, 0.6) is 5.75 Å². The Morgan fingerprint density at radius 2 is 2.12 bits per heavy atom. The number of nitrogens with one attached hydrogen (secondary N) is 1. The molecule has 0 saturated carbocycles. The van der Waals surface area contributed by atoms with Crippen molar-refractivity contribution < 1.29 is 14.3 Å². The molecule has 26 heavy (non-hydrogen) atoms. The molecular weight excluding hydrogens is 352 g/mol. The number of hydrogen-bond acceptors (Lipinski definition) is 8. The van der Waals surface area contributed by atoms with Crippen molar-refractivity contribution in [2.24, 2.45) is 0 Å². The largest absolute Gasteiger partial charge is 0.494 e. The number of fused-ring (bicyclic) bond motifs is 1.